The molecule has 1 fully saturated rings. The van der Waals surface area contributed by atoms with Gasteiger partial charge in [0.15, 0.2) is 17.2 Å². The van der Waals surface area contributed by atoms with E-state index in [0.717, 1.165) is 12.8 Å². The fourth-order valence-corrected chi connectivity index (χ4v) is 1.42. The van der Waals surface area contributed by atoms with Crippen LogP contribution in [0.25, 0.3) is 0 Å². The lowest BCUT2D eigenvalue weighted by Crippen LogP contribution is -2.17. The Labute approximate surface area is 99.9 Å². The number of nitrogens with zero attached hydrogens (tertiary/aromatic N) is 1. The molecule has 5 heteroatoms. The maximum Gasteiger partial charge on any atom is 0.271 e. The van der Waals surface area contributed by atoms with Crippen LogP contribution < -0.4 is 15.2 Å². The highest BCUT2D eigenvalue weighted by molar-refractivity contribution is 5.94. The highest BCUT2D eigenvalue weighted by Gasteiger charge is 2.28. The van der Waals surface area contributed by atoms with Crippen molar-refractivity contribution < 1.29 is 14.3 Å². The number of primary amides is 1. The van der Waals surface area contributed by atoms with Crippen molar-refractivity contribution in [3.8, 4) is 11.5 Å². The predicted molar refractivity (Wildman–Crippen MR) is 62.2 cm³/mol. The Morgan fingerprint density at radius 1 is 1.53 bits per heavy atom. The third kappa shape index (κ3) is 2.87. The molecule has 0 bridgehead atoms. The largest absolute Gasteiger partial charge is 0.487 e. The molecule has 0 atom stereocenters. The second-order valence-corrected chi connectivity index (χ2v) is 4.33. The molecule has 1 aliphatic carbocycles. The molecule has 0 spiro atoms. The number of amides is 1. The van der Waals surface area contributed by atoms with Gasteiger partial charge in [-0.05, 0) is 26.7 Å². The summed E-state index contributed by atoms with van der Waals surface area (Å²) in [6, 6.07) is 1.68. The third-order valence-electron chi connectivity index (χ3n) is 2.27. The Hall–Kier alpha value is -1.78. The van der Waals surface area contributed by atoms with Crippen LogP contribution in [0.15, 0.2) is 12.3 Å². The van der Waals surface area contributed by atoms with Gasteiger partial charge in [-0.1, -0.05) is 0 Å². The molecule has 1 amide bonds. The maximum absolute atomic E-state index is 11.3. The first-order valence-electron chi connectivity index (χ1n) is 5.70. The minimum absolute atomic E-state index is 0.000297. The molecule has 0 saturated heterocycles. The van der Waals surface area contributed by atoms with E-state index in [0.29, 0.717) is 11.5 Å². The SMILES string of the molecule is CC(C)Oc1ccnc(C(N)=O)c1OC1CC1. The quantitative estimate of drug-likeness (QED) is 0.840. The van der Waals surface area contributed by atoms with Crippen LogP contribution in [0.2, 0.25) is 0 Å². The van der Waals surface area contributed by atoms with E-state index < -0.39 is 5.91 Å². The normalized spacial score (nSPS) is 14.8. The summed E-state index contributed by atoms with van der Waals surface area (Å²) in [6.45, 7) is 3.82. The number of carbonyl (C=O) groups excluding carboxylic acids is 1. The first-order valence-corrected chi connectivity index (χ1v) is 5.70. The molecule has 1 aromatic rings. The molecule has 92 valence electrons. The Bertz CT molecular complexity index is 428. The number of carbonyl (C=O) groups is 1. The second-order valence-electron chi connectivity index (χ2n) is 4.33. The second kappa shape index (κ2) is 4.61. The van der Waals surface area contributed by atoms with Crippen LogP contribution >= 0.6 is 0 Å². The van der Waals surface area contributed by atoms with Gasteiger partial charge in [0.1, 0.15) is 0 Å². The van der Waals surface area contributed by atoms with Crippen LogP contribution in [-0.4, -0.2) is 23.1 Å². The van der Waals surface area contributed by atoms with Gasteiger partial charge >= 0.3 is 0 Å². The molecule has 1 aromatic heterocycles. The highest BCUT2D eigenvalue weighted by atomic mass is 16.5. The summed E-state index contributed by atoms with van der Waals surface area (Å²) < 4.78 is 11.3. The number of aromatic nitrogens is 1. The fraction of sp³-hybridized carbons (Fsp3) is 0.500. The fourth-order valence-electron chi connectivity index (χ4n) is 1.42. The van der Waals surface area contributed by atoms with Crippen molar-refractivity contribution in [2.75, 3.05) is 0 Å². The summed E-state index contributed by atoms with van der Waals surface area (Å²) in [5, 5.41) is 0. The van der Waals surface area contributed by atoms with Crippen molar-refractivity contribution in [3.05, 3.63) is 18.0 Å². The minimum Gasteiger partial charge on any atom is -0.487 e. The number of nitrogens with two attached hydrogens (primary N) is 1. The lowest BCUT2D eigenvalue weighted by atomic mass is 10.3. The average Bonchev–Trinajstić information content (AvgIpc) is 3.03. The van der Waals surface area contributed by atoms with Gasteiger partial charge in [0.2, 0.25) is 0 Å². The van der Waals surface area contributed by atoms with Gasteiger partial charge in [0.25, 0.3) is 5.91 Å². The van der Waals surface area contributed by atoms with Gasteiger partial charge in [0, 0.05) is 12.3 Å². The summed E-state index contributed by atoms with van der Waals surface area (Å²) in [5.74, 6) is 0.293. The number of pyridine rings is 1. The lowest BCUT2D eigenvalue weighted by Gasteiger charge is -2.16. The Balaban J connectivity index is 2.34. The first kappa shape index (κ1) is 11.7. The third-order valence-corrected chi connectivity index (χ3v) is 2.27. The van der Waals surface area contributed by atoms with Crippen molar-refractivity contribution >= 4 is 5.91 Å². The first-order chi connectivity index (χ1) is 8.08. The molecule has 2 rings (SSSR count). The van der Waals surface area contributed by atoms with Crippen LogP contribution in [0.3, 0.4) is 0 Å². The molecule has 0 unspecified atom stereocenters. The number of hydrogen-bond acceptors (Lipinski definition) is 4. The Morgan fingerprint density at radius 3 is 2.76 bits per heavy atom. The van der Waals surface area contributed by atoms with E-state index in [4.69, 9.17) is 15.2 Å². The minimum atomic E-state index is -0.602. The van der Waals surface area contributed by atoms with E-state index >= 15 is 0 Å². The smallest absolute Gasteiger partial charge is 0.271 e. The Kier molecular flexibility index (Phi) is 3.17. The van der Waals surface area contributed by atoms with E-state index in [9.17, 15) is 4.79 Å². The van der Waals surface area contributed by atoms with Crippen molar-refractivity contribution in [2.45, 2.75) is 38.9 Å². The van der Waals surface area contributed by atoms with Gasteiger partial charge < -0.3 is 15.2 Å². The molecule has 0 aliphatic heterocycles. The van der Waals surface area contributed by atoms with Gasteiger partial charge in [-0.25, -0.2) is 4.98 Å². The van der Waals surface area contributed by atoms with Crippen molar-refractivity contribution in [1.29, 1.82) is 0 Å². The molecule has 1 aliphatic rings. The summed E-state index contributed by atoms with van der Waals surface area (Å²) in [6.07, 6.45) is 3.64. The Morgan fingerprint density at radius 2 is 2.24 bits per heavy atom. The van der Waals surface area contributed by atoms with Crippen LogP contribution in [-0.2, 0) is 0 Å². The number of rotatable bonds is 5. The van der Waals surface area contributed by atoms with Crippen LogP contribution in [0.5, 0.6) is 11.5 Å². The van der Waals surface area contributed by atoms with Gasteiger partial charge in [-0.15, -0.1) is 0 Å². The van der Waals surface area contributed by atoms with Gasteiger partial charge in [-0.3, -0.25) is 4.79 Å². The molecular weight excluding hydrogens is 220 g/mol. The van der Waals surface area contributed by atoms with E-state index in [2.05, 4.69) is 4.98 Å². The number of hydrogen-bond donors (Lipinski definition) is 1. The zero-order valence-electron chi connectivity index (χ0n) is 9.97. The molecule has 5 nitrogen and oxygen atoms in total. The maximum atomic E-state index is 11.3. The summed E-state index contributed by atoms with van der Waals surface area (Å²) in [5.41, 5.74) is 5.41. The summed E-state index contributed by atoms with van der Waals surface area (Å²) in [7, 11) is 0. The highest BCUT2D eigenvalue weighted by Crippen LogP contribution is 2.35. The summed E-state index contributed by atoms with van der Waals surface area (Å²) >= 11 is 0. The standard InChI is InChI=1S/C12H16N2O3/c1-7(2)16-9-5-6-14-10(12(13)15)11(9)17-8-3-4-8/h5-8H,3-4H2,1-2H3,(H2,13,15). The van der Waals surface area contributed by atoms with Gasteiger partial charge in [0.05, 0.1) is 12.2 Å². The molecule has 17 heavy (non-hydrogen) atoms. The van der Waals surface area contributed by atoms with Crippen molar-refractivity contribution in [2.24, 2.45) is 5.73 Å². The number of ether oxygens (including phenoxy) is 2. The molecule has 1 heterocycles. The van der Waals surface area contributed by atoms with Crippen molar-refractivity contribution in [3.63, 3.8) is 0 Å². The zero-order valence-corrected chi connectivity index (χ0v) is 9.97. The topological polar surface area (TPSA) is 74.4 Å². The zero-order chi connectivity index (χ0) is 12.4. The predicted octanol–water partition coefficient (Wildman–Crippen LogP) is 1.51. The van der Waals surface area contributed by atoms with Crippen LogP contribution in [0.4, 0.5) is 0 Å². The lowest BCUT2D eigenvalue weighted by molar-refractivity contribution is 0.0988. The monoisotopic (exact) mass is 236 g/mol. The van der Waals surface area contributed by atoms with Crippen LogP contribution in [0, 0.1) is 0 Å². The average molecular weight is 236 g/mol. The van der Waals surface area contributed by atoms with E-state index in [-0.39, 0.29) is 17.9 Å². The van der Waals surface area contributed by atoms with Crippen molar-refractivity contribution in [1.82, 2.24) is 4.98 Å². The van der Waals surface area contributed by atoms with Gasteiger partial charge in [-0.2, -0.15) is 0 Å². The molecule has 1 saturated carbocycles. The van der Waals surface area contributed by atoms with E-state index in [1.165, 1.54) is 6.20 Å². The van der Waals surface area contributed by atoms with E-state index in [1.54, 1.807) is 6.07 Å². The molecule has 2 N–H and O–H groups in total. The molecule has 0 radical (unpaired) electrons. The van der Waals surface area contributed by atoms with E-state index in [1.807, 2.05) is 13.8 Å². The molecule has 0 aromatic carbocycles. The molecular formula is C12H16N2O3. The van der Waals surface area contributed by atoms with Crippen LogP contribution in [0.1, 0.15) is 37.2 Å². The summed E-state index contributed by atoms with van der Waals surface area (Å²) in [4.78, 5) is 15.2.